The fourth-order valence-corrected chi connectivity index (χ4v) is 1.36. The van der Waals surface area contributed by atoms with Crippen molar-refractivity contribution < 1.29 is 19.5 Å². The molecule has 4 nitrogen and oxygen atoms in total. The van der Waals surface area contributed by atoms with Crippen molar-refractivity contribution in [3.63, 3.8) is 0 Å². The van der Waals surface area contributed by atoms with E-state index in [1.165, 1.54) is 6.92 Å². The van der Waals surface area contributed by atoms with Crippen LogP contribution in [0.1, 0.15) is 30.1 Å². The molecule has 0 aliphatic heterocycles. The average Bonchev–Trinajstić information content (AvgIpc) is 2.35. The Morgan fingerprint density at radius 2 is 1.71 bits per heavy atom. The van der Waals surface area contributed by atoms with Gasteiger partial charge in [-0.25, -0.2) is 0 Å². The first kappa shape index (κ1) is 13.1. The van der Waals surface area contributed by atoms with Crippen molar-refractivity contribution in [2.24, 2.45) is 5.92 Å². The maximum absolute atomic E-state index is 11.6. The van der Waals surface area contributed by atoms with E-state index < -0.39 is 17.7 Å². The van der Waals surface area contributed by atoms with Gasteiger partial charge in [0.05, 0.1) is 0 Å². The number of carboxylic acids is 1. The first-order valence-corrected chi connectivity index (χ1v) is 5.36. The van der Waals surface area contributed by atoms with Crippen LogP contribution in [0.3, 0.4) is 0 Å². The van der Waals surface area contributed by atoms with E-state index in [1.807, 2.05) is 0 Å². The van der Waals surface area contributed by atoms with Crippen LogP contribution < -0.4 is 0 Å². The SMILES string of the molecule is CC(C(=O)O)C(=O)CCC(=O)c1ccccc1. The smallest absolute Gasteiger partial charge is 0.313 e. The lowest BCUT2D eigenvalue weighted by Crippen LogP contribution is -2.21. The monoisotopic (exact) mass is 234 g/mol. The number of benzene rings is 1. The zero-order valence-corrected chi connectivity index (χ0v) is 9.55. The van der Waals surface area contributed by atoms with E-state index in [9.17, 15) is 14.4 Å². The Bertz CT molecular complexity index is 422. The molecule has 1 unspecified atom stereocenters. The van der Waals surface area contributed by atoms with Crippen LogP contribution in [0.4, 0.5) is 0 Å². The highest BCUT2D eigenvalue weighted by atomic mass is 16.4. The number of hydrogen-bond donors (Lipinski definition) is 1. The van der Waals surface area contributed by atoms with Crippen molar-refractivity contribution in [1.82, 2.24) is 0 Å². The number of carboxylic acid groups (broad SMARTS) is 1. The van der Waals surface area contributed by atoms with Crippen molar-refractivity contribution in [2.75, 3.05) is 0 Å². The summed E-state index contributed by atoms with van der Waals surface area (Å²) >= 11 is 0. The van der Waals surface area contributed by atoms with Gasteiger partial charge in [-0.2, -0.15) is 0 Å². The van der Waals surface area contributed by atoms with Gasteiger partial charge in [0.2, 0.25) is 0 Å². The summed E-state index contributed by atoms with van der Waals surface area (Å²) in [6.45, 7) is 1.33. The summed E-state index contributed by atoms with van der Waals surface area (Å²) in [4.78, 5) is 33.6. The zero-order chi connectivity index (χ0) is 12.8. The Hall–Kier alpha value is -1.97. The second kappa shape index (κ2) is 5.94. The molecule has 0 saturated carbocycles. The van der Waals surface area contributed by atoms with Crippen molar-refractivity contribution in [1.29, 1.82) is 0 Å². The molecule has 1 N–H and O–H groups in total. The van der Waals surface area contributed by atoms with Crippen molar-refractivity contribution in [3.8, 4) is 0 Å². The second-order valence-corrected chi connectivity index (χ2v) is 3.82. The molecule has 0 aromatic heterocycles. The van der Waals surface area contributed by atoms with Crippen LogP contribution in [0.2, 0.25) is 0 Å². The highest BCUT2D eigenvalue weighted by Crippen LogP contribution is 2.08. The molecule has 0 aliphatic rings. The molecule has 0 amide bonds. The fourth-order valence-electron chi connectivity index (χ4n) is 1.36. The third-order valence-corrected chi connectivity index (χ3v) is 2.55. The lowest BCUT2D eigenvalue weighted by molar-refractivity contribution is -0.145. The number of hydrogen-bond acceptors (Lipinski definition) is 3. The van der Waals surface area contributed by atoms with Crippen LogP contribution in [-0.4, -0.2) is 22.6 Å². The van der Waals surface area contributed by atoms with Gasteiger partial charge in [-0.1, -0.05) is 30.3 Å². The van der Waals surface area contributed by atoms with Crippen molar-refractivity contribution in [3.05, 3.63) is 35.9 Å². The van der Waals surface area contributed by atoms with E-state index in [-0.39, 0.29) is 18.6 Å². The molecule has 4 heteroatoms. The lowest BCUT2D eigenvalue weighted by atomic mass is 9.99. The number of aliphatic carboxylic acids is 1. The van der Waals surface area contributed by atoms with Gasteiger partial charge < -0.3 is 5.11 Å². The number of ketones is 2. The number of rotatable bonds is 6. The first-order chi connectivity index (χ1) is 8.02. The molecule has 0 heterocycles. The molecule has 1 aromatic rings. The van der Waals surface area contributed by atoms with Crippen LogP contribution in [0.5, 0.6) is 0 Å². The van der Waals surface area contributed by atoms with Gasteiger partial charge in [-0.05, 0) is 6.92 Å². The summed E-state index contributed by atoms with van der Waals surface area (Å²) in [6.07, 6.45) is 0.0294. The Balaban J connectivity index is 2.50. The summed E-state index contributed by atoms with van der Waals surface area (Å²) in [5.41, 5.74) is 0.545. The molecule has 0 radical (unpaired) electrons. The molecule has 1 atom stereocenters. The molecule has 1 aromatic carbocycles. The minimum absolute atomic E-state index is 0.0266. The minimum atomic E-state index is -1.15. The molecule has 90 valence electrons. The number of carbonyl (C=O) groups excluding carboxylic acids is 2. The lowest BCUT2D eigenvalue weighted by Gasteiger charge is -2.04. The summed E-state index contributed by atoms with van der Waals surface area (Å²) in [5, 5.41) is 8.63. The van der Waals surface area contributed by atoms with E-state index in [0.29, 0.717) is 5.56 Å². The number of Topliss-reactive ketones (excluding diaryl/α,β-unsaturated/α-hetero) is 2. The van der Waals surface area contributed by atoms with Crippen molar-refractivity contribution in [2.45, 2.75) is 19.8 Å². The largest absolute Gasteiger partial charge is 0.481 e. The van der Waals surface area contributed by atoms with Gasteiger partial charge in [0.1, 0.15) is 11.7 Å². The molecule has 17 heavy (non-hydrogen) atoms. The fraction of sp³-hybridized carbons (Fsp3) is 0.308. The summed E-state index contributed by atoms with van der Waals surface area (Å²) in [6, 6.07) is 8.64. The average molecular weight is 234 g/mol. The molecule has 0 saturated heterocycles. The highest BCUT2D eigenvalue weighted by Gasteiger charge is 2.20. The van der Waals surface area contributed by atoms with Gasteiger partial charge in [0, 0.05) is 18.4 Å². The van der Waals surface area contributed by atoms with Crippen LogP contribution in [0, 0.1) is 5.92 Å². The first-order valence-electron chi connectivity index (χ1n) is 5.36. The van der Waals surface area contributed by atoms with Crippen LogP contribution >= 0.6 is 0 Å². The molecule has 1 rings (SSSR count). The van der Waals surface area contributed by atoms with Gasteiger partial charge in [0.25, 0.3) is 0 Å². The maximum atomic E-state index is 11.6. The Morgan fingerprint density at radius 3 is 2.24 bits per heavy atom. The Morgan fingerprint density at radius 1 is 1.12 bits per heavy atom. The summed E-state index contributed by atoms with van der Waals surface area (Å²) in [5.74, 6) is -2.75. The van der Waals surface area contributed by atoms with Gasteiger partial charge in [-0.15, -0.1) is 0 Å². The van der Waals surface area contributed by atoms with Crippen LogP contribution in [0.25, 0.3) is 0 Å². The van der Waals surface area contributed by atoms with Crippen molar-refractivity contribution >= 4 is 17.5 Å². The van der Waals surface area contributed by atoms with E-state index in [2.05, 4.69) is 0 Å². The summed E-state index contributed by atoms with van der Waals surface area (Å²) < 4.78 is 0. The van der Waals surface area contributed by atoms with E-state index in [1.54, 1.807) is 30.3 Å². The molecule has 0 bridgehead atoms. The molecular weight excluding hydrogens is 220 g/mol. The number of carbonyl (C=O) groups is 3. The molecular formula is C13H14O4. The van der Waals surface area contributed by atoms with E-state index >= 15 is 0 Å². The van der Waals surface area contributed by atoms with Gasteiger partial charge in [-0.3, -0.25) is 14.4 Å². The predicted molar refractivity (Wildman–Crippen MR) is 61.8 cm³/mol. The second-order valence-electron chi connectivity index (χ2n) is 3.82. The Labute approximate surface area is 99.3 Å². The third kappa shape index (κ3) is 3.83. The van der Waals surface area contributed by atoms with Gasteiger partial charge in [0.15, 0.2) is 5.78 Å². The van der Waals surface area contributed by atoms with Gasteiger partial charge >= 0.3 is 5.97 Å². The van der Waals surface area contributed by atoms with E-state index in [0.717, 1.165) is 0 Å². The molecule has 0 aliphatic carbocycles. The van der Waals surface area contributed by atoms with Crippen LogP contribution in [-0.2, 0) is 9.59 Å². The minimum Gasteiger partial charge on any atom is -0.481 e. The van der Waals surface area contributed by atoms with Crippen LogP contribution in [0.15, 0.2) is 30.3 Å². The van der Waals surface area contributed by atoms with E-state index in [4.69, 9.17) is 5.11 Å². The Kier molecular flexibility index (Phi) is 4.57. The quantitative estimate of drug-likeness (QED) is 0.603. The standard InChI is InChI=1S/C13H14O4/c1-9(13(16)17)11(14)7-8-12(15)10-5-3-2-4-6-10/h2-6,9H,7-8H2,1H3,(H,16,17). The summed E-state index contributed by atoms with van der Waals surface area (Å²) in [7, 11) is 0. The predicted octanol–water partition coefficient (Wildman–Crippen LogP) is 1.94. The third-order valence-electron chi connectivity index (χ3n) is 2.55. The molecule has 0 fully saturated rings. The molecule has 0 spiro atoms. The maximum Gasteiger partial charge on any atom is 0.313 e. The normalized spacial score (nSPS) is 11.8. The topological polar surface area (TPSA) is 71.4 Å². The zero-order valence-electron chi connectivity index (χ0n) is 9.55. The highest BCUT2D eigenvalue weighted by molar-refractivity contribution is 6.02.